The number of nitrogens with zero attached hydrogens (tertiary/aromatic N) is 2. The Bertz CT molecular complexity index is 410. The molecule has 92 valence electrons. The van der Waals surface area contributed by atoms with Crippen LogP contribution in [0.5, 0.6) is 0 Å². The third-order valence-electron chi connectivity index (χ3n) is 3.17. The van der Waals surface area contributed by atoms with E-state index in [0.717, 1.165) is 13.0 Å². The lowest BCUT2D eigenvalue weighted by atomic mass is 10.2. The van der Waals surface area contributed by atoms with Crippen molar-refractivity contribution in [2.24, 2.45) is 0 Å². The van der Waals surface area contributed by atoms with Gasteiger partial charge in [-0.1, -0.05) is 0 Å². The molecule has 1 saturated heterocycles. The molecule has 0 bridgehead atoms. The lowest BCUT2D eigenvalue weighted by molar-refractivity contribution is 0.0942. The Morgan fingerprint density at radius 1 is 1.71 bits per heavy atom. The summed E-state index contributed by atoms with van der Waals surface area (Å²) in [5, 5.41) is 2.96. The summed E-state index contributed by atoms with van der Waals surface area (Å²) in [4.78, 5) is 18.3. The Kier molecular flexibility index (Phi) is 4.12. The molecule has 1 N–H and O–H groups in total. The highest BCUT2D eigenvalue weighted by atomic mass is 79.9. The quantitative estimate of drug-likeness (QED) is 0.863. The lowest BCUT2D eigenvalue weighted by Crippen LogP contribution is -2.38. The minimum Gasteiger partial charge on any atom is -0.350 e. The molecule has 2 heterocycles. The first-order valence-corrected chi connectivity index (χ1v) is 6.56. The van der Waals surface area contributed by atoms with Crippen molar-refractivity contribution in [2.45, 2.75) is 18.9 Å². The molecule has 4 nitrogen and oxygen atoms in total. The zero-order valence-electron chi connectivity index (χ0n) is 9.82. The average molecular weight is 298 g/mol. The smallest absolute Gasteiger partial charge is 0.254 e. The van der Waals surface area contributed by atoms with Gasteiger partial charge in [0, 0.05) is 18.8 Å². The van der Waals surface area contributed by atoms with Crippen molar-refractivity contribution in [2.75, 3.05) is 20.1 Å². The summed E-state index contributed by atoms with van der Waals surface area (Å²) in [5.41, 5.74) is 0.591. The largest absolute Gasteiger partial charge is 0.350 e. The van der Waals surface area contributed by atoms with Crippen LogP contribution in [0.1, 0.15) is 23.2 Å². The maximum Gasteiger partial charge on any atom is 0.254 e. The van der Waals surface area contributed by atoms with Crippen LogP contribution in [0.15, 0.2) is 22.9 Å². The second-order valence-electron chi connectivity index (χ2n) is 4.33. The Balaban J connectivity index is 1.91. The van der Waals surface area contributed by atoms with Gasteiger partial charge in [-0.05, 0) is 54.5 Å². The summed E-state index contributed by atoms with van der Waals surface area (Å²) in [6.45, 7) is 1.83. The summed E-state index contributed by atoms with van der Waals surface area (Å²) in [6, 6.07) is 4.00. The van der Waals surface area contributed by atoms with E-state index >= 15 is 0 Å². The van der Waals surface area contributed by atoms with E-state index in [-0.39, 0.29) is 5.91 Å². The minimum absolute atomic E-state index is 0.0646. The van der Waals surface area contributed by atoms with Crippen LogP contribution in [0.3, 0.4) is 0 Å². The second kappa shape index (κ2) is 5.60. The van der Waals surface area contributed by atoms with Crippen LogP contribution in [-0.2, 0) is 0 Å². The van der Waals surface area contributed by atoms with E-state index < -0.39 is 0 Å². The highest BCUT2D eigenvalue weighted by Gasteiger charge is 2.21. The molecule has 2 rings (SSSR count). The molecule has 5 heteroatoms. The molecule has 1 aromatic rings. The fourth-order valence-electron chi connectivity index (χ4n) is 2.10. The Hall–Kier alpha value is -0.940. The first-order valence-electron chi connectivity index (χ1n) is 5.77. The Labute approximate surface area is 110 Å². The second-order valence-corrected chi connectivity index (χ2v) is 5.08. The van der Waals surface area contributed by atoms with Crippen molar-refractivity contribution in [3.8, 4) is 0 Å². The molecule has 1 aliphatic heterocycles. The summed E-state index contributed by atoms with van der Waals surface area (Å²) in [7, 11) is 2.10. The number of aromatic nitrogens is 1. The van der Waals surface area contributed by atoms with Gasteiger partial charge < -0.3 is 10.2 Å². The zero-order chi connectivity index (χ0) is 12.3. The maximum absolute atomic E-state index is 11.9. The van der Waals surface area contributed by atoms with Crippen molar-refractivity contribution < 1.29 is 4.79 Å². The van der Waals surface area contributed by atoms with E-state index in [1.807, 2.05) is 0 Å². The molecule has 1 aliphatic rings. The van der Waals surface area contributed by atoms with E-state index in [0.29, 0.717) is 22.8 Å². The monoisotopic (exact) mass is 297 g/mol. The molecule has 1 atom stereocenters. The number of likely N-dealkylation sites (N-methyl/N-ethyl adjacent to an activating group) is 1. The number of nitrogens with one attached hydrogen (secondary N) is 1. The Morgan fingerprint density at radius 3 is 3.18 bits per heavy atom. The molecule has 17 heavy (non-hydrogen) atoms. The molecule has 0 radical (unpaired) electrons. The van der Waals surface area contributed by atoms with E-state index in [1.165, 1.54) is 6.42 Å². The van der Waals surface area contributed by atoms with E-state index in [9.17, 15) is 4.79 Å². The zero-order valence-corrected chi connectivity index (χ0v) is 11.4. The maximum atomic E-state index is 11.9. The third kappa shape index (κ3) is 3.04. The van der Waals surface area contributed by atoms with Gasteiger partial charge in [0.2, 0.25) is 0 Å². The summed E-state index contributed by atoms with van der Waals surface area (Å²) >= 11 is 3.28. The van der Waals surface area contributed by atoms with Gasteiger partial charge in [0.25, 0.3) is 5.91 Å². The Morgan fingerprint density at radius 2 is 2.53 bits per heavy atom. The summed E-state index contributed by atoms with van der Waals surface area (Å²) in [5.74, 6) is -0.0646. The number of pyridine rings is 1. The van der Waals surface area contributed by atoms with Gasteiger partial charge in [-0.25, -0.2) is 4.98 Å². The number of carbonyl (C=O) groups excluding carboxylic acids is 1. The van der Waals surface area contributed by atoms with Crippen LogP contribution < -0.4 is 5.32 Å². The van der Waals surface area contributed by atoms with Crippen LogP contribution in [0.25, 0.3) is 0 Å². The number of halogens is 1. The molecule has 0 aliphatic carbocycles. The van der Waals surface area contributed by atoms with Crippen LogP contribution in [0.4, 0.5) is 0 Å². The number of likely N-dealkylation sites (tertiary alicyclic amines) is 1. The molecule has 0 aromatic carbocycles. The molecular weight excluding hydrogens is 282 g/mol. The van der Waals surface area contributed by atoms with Gasteiger partial charge in [-0.15, -0.1) is 0 Å². The topological polar surface area (TPSA) is 45.2 Å². The van der Waals surface area contributed by atoms with Gasteiger partial charge in [0.15, 0.2) is 0 Å². The number of hydrogen-bond acceptors (Lipinski definition) is 3. The fraction of sp³-hybridized carbons (Fsp3) is 0.500. The normalized spacial score (nSPS) is 20.5. The number of carbonyl (C=O) groups is 1. The molecule has 1 unspecified atom stereocenters. The molecule has 1 aromatic heterocycles. The molecule has 1 amide bonds. The number of hydrogen-bond donors (Lipinski definition) is 1. The number of amides is 1. The van der Waals surface area contributed by atoms with Gasteiger partial charge in [-0.2, -0.15) is 0 Å². The lowest BCUT2D eigenvalue weighted by Gasteiger charge is -2.19. The SMILES string of the molecule is CN1CCCC1CNC(=O)c1cccnc1Br. The van der Waals surface area contributed by atoms with Crippen LogP contribution in [0, 0.1) is 0 Å². The van der Waals surface area contributed by atoms with Crippen molar-refractivity contribution in [1.29, 1.82) is 0 Å². The van der Waals surface area contributed by atoms with Crippen LogP contribution in [0.2, 0.25) is 0 Å². The fourth-order valence-corrected chi connectivity index (χ4v) is 2.53. The van der Waals surface area contributed by atoms with Gasteiger partial charge in [0.1, 0.15) is 4.60 Å². The summed E-state index contributed by atoms with van der Waals surface area (Å²) in [6.07, 6.45) is 4.03. The predicted molar refractivity (Wildman–Crippen MR) is 69.9 cm³/mol. The van der Waals surface area contributed by atoms with Crippen molar-refractivity contribution in [1.82, 2.24) is 15.2 Å². The van der Waals surface area contributed by atoms with Crippen LogP contribution >= 0.6 is 15.9 Å². The van der Waals surface area contributed by atoms with Crippen molar-refractivity contribution in [3.63, 3.8) is 0 Å². The van der Waals surface area contributed by atoms with Gasteiger partial charge >= 0.3 is 0 Å². The highest BCUT2D eigenvalue weighted by molar-refractivity contribution is 9.10. The molecule has 0 saturated carbocycles. The predicted octanol–water partition coefficient (Wildman–Crippen LogP) is 1.67. The van der Waals surface area contributed by atoms with Crippen LogP contribution in [-0.4, -0.2) is 42.0 Å². The van der Waals surface area contributed by atoms with E-state index in [4.69, 9.17) is 0 Å². The van der Waals surface area contributed by atoms with E-state index in [2.05, 4.69) is 38.2 Å². The van der Waals surface area contributed by atoms with E-state index in [1.54, 1.807) is 18.3 Å². The van der Waals surface area contributed by atoms with Crippen molar-refractivity contribution in [3.05, 3.63) is 28.5 Å². The first kappa shape index (κ1) is 12.5. The first-order chi connectivity index (χ1) is 8.18. The minimum atomic E-state index is -0.0646. The summed E-state index contributed by atoms with van der Waals surface area (Å²) < 4.78 is 0.595. The standard InChI is InChI=1S/C12H16BrN3O/c1-16-7-3-4-9(16)8-15-12(17)10-5-2-6-14-11(10)13/h2,5-6,9H,3-4,7-8H2,1H3,(H,15,17). The molecule has 0 spiro atoms. The number of rotatable bonds is 3. The van der Waals surface area contributed by atoms with Gasteiger partial charge in [0.05, 0.1) is 5.56 Å². The third-order valence-corrected chi connectivity index (χ3v) is 3.81. The average Bonchev–Trinajstić information content (AvgIpc) is 2.72. The van der Waals surface area contributed by atoms with Crippen molar-refractivity contribution >= 4 is 21.8 Å². The molecule has 1 fully saturated rings. The van der Waals surface area contributed by atoms with Gasteiger partial charge in [-0.3, -0.25) is 4.79 Å². The highest BCUT2D eigenvalue weighted by Crippen LogP contribution is 2.15. The molecular formula is C12H16BrN3O.